The third-order valence-corrected chi connectivity index (χ3v) is 2.38. The molecule has 0 spiro atoms. The van der Waals surface area contributed by atoms with Crippen molar-refractivity contribution in [3.63, 3.8) is 0 Å². The molecule has 0 unspecified atom stereocenters. The first-order chi connectivity index (χ1) is 5.57. The van der Waals surface area contributed by atoms with Crippen molar-refractivity contribution in [2.75, 3.05) is 0 Å². The molecule has 3 heteroatoms. The van der Waals surface area contributed by atoms with Gasteiger partial charge in [-0.05, 0) is 25.0 Å². The lowest BCUT2D eigenvalue weighted by Gasteiger charge is -2.09. The number of aliphatic hydroxyl groups excluding tert-OH is 1. The van der Waals surface area contributed by atoms with Crippen molar-refractivity contribution in [3.05, 3.63) is 27.8 Å². The topological polar surface area (TPSA) is 40.5 Å². The minimum atomic E-state index is -0.183. The van der Waals surface area contributed by atoms with Gasteiger partial charge in [0.25, 0.3) is 0 Å². The molecule has 0 bridgehead atoms. The van der Waals surface area contributed by atoms with Gasteiger partial charge in [0.15, 0.2) is 0 Å². The Morgan fingerprint density at radius 1 is 1.33 bits per heavy atom. The molecule has 0 aliphatic heterocycles. The van der Waals surface area contributed by atoms with Crippen LogP contribution >= 0.6 is 11.6 Å². The standard InChI is InChI=1S/C9H11ClO2/c1-5-3-6(2)8(10)9(12)7(5)4-11/h3,11-12H,4H2,1-2H3. The number of halogens is 1. The summed E-state index contributed by atoms with van der Waals surface area (Å²) in [6.07, 6.45) is 0. The van der Waals surface area contributed by atoms with E-state index in [-0.39, 0.29) is 12.4 Å². The number of aliphatic hydroxyl groups is 1. The van der Waals surface area contributed by atoms with Gasteiger partial charge in [0.05, 0.1) is 11.6 Å². The second-order valence-electron chi connectivity index (χ2n) is 2.81. The molecule has 1 rings (SSSR count). The van der Waals surface area contributed by atoms with Crippen LogP contribution < -0.4 is 0 Å². The van der Waals surface area contributed by atoms with Crippen LogP contribution in [0.3, 0.4) is 0 Å². The van der Waals surface area contributed by atoms with Crippen molar-refractivity contribution in [1.29, 1.82) is 0 Å². The Morgan fingerprint density at radius 3 is 2.42 bits per heavy atom. The highest BCUT2D eigenvalue weighted by Crippen LogP contribution is 2.32. The van der Waals surface area contributed by atoms with Gasteiger partial charge in [-0.3, -0.25) is 0 Å². The second-order valence-corrected chi connectivity index (χ2v) is 3.19. The Kier molecular flexibility index (Phi) is 2.60. The summed E-state index contributed by atoms with van der Waals surface area (Å²) in [6, 6.07) is 1.84. The number of aromatic hydroxyl groups is 1. The molecule has 0 saturated heterocycles. The highest BCUT2D eigenvalue weighted by molar-refractivity contribution is 6.32. The zero-order chi connectivity index (χ0) is 9.30. The van der Waals surface area contributed by atoms with Gasteiger partial charge >= 0.3 is 0 Å². The molecule has 12 heavy (non-hydrogen) atoms. The summed E-state index contributed by atoms with van der Waals surface area (Å²) in [5.74, 6) is -0.00309. The van der Waals surface area contributed by atoms with E-state index in [1.807, 2.05) is 19.9 Å². The highest BCUT2D eigenvalue weighted by Gasteiger charge is 2.10. The predicted molar refractivity (Wildman–Crippen MR) is 48.5 cm³/mol. The molecule has 0 aromatic heterocycles. The molecule has 2 N–H and O–H groups in total. The number of aryl methyl sites for hydroxylation is 2. The molecule has 0 aliphatic rings. The van der Waals surface area contributed by atoms with E-state index < -0.39 is 0 Å². The molecule has 2 nitrogen and oxygen atoms in total. The smallest absolute Gasteiger partial charge is 0.140 e. The van der Waals surface area contributed by atoms with Gasteiger partial charge < -0.3 is 10.2 Å². The van der Waals surface area contributed by atoms with E-state index in [2.05, 4.69) is 0 Å². The Hall–Kier alpha value is -0.730. The van der Waals surface area contributed by atoms with Crippen LogP contribution in [0.25, 0.3) is 0 Å². The van der Waals surface area contributed by atoms with Gasteiger partial charge in [-0.1, -0.05) is 17.7 Å². The molecule has 0 amide bonds. The lowest BCUT2D eigenvalue weighted by molar-refractivity contribution is 0.274. The molecule has 0 saturated carbocycles. The van der Waals surface area contributed by atoms with Crippen LogP contribution in [-0.2, 0) is 6.61 Å². The maximum atomic E-state index is 9.47. The summed E-state index contributed by atoms with van der Waals surface area (Å²) >= 11 is 5.77. The summed E-state index contributed by atoms with van der Waals surface area (Å²) in [7, 11) is 0. The van der Waals surface area contributed by atoms with Crippen LogP contribution in [0, 0.1) is 13.8 Å². The first-order valence-electron chi connectivity index (χ1n) is 3.66. The fourth-order valence-electron chi connectivity index (χ4n) is 1.18. The van der Waals surface area contributed by atoms with Gasteiger partial charge in [0.1, 0.15) is 5.75 Å². The zero-order valence-corrected chi connectivity index (χ0v) is 7.81. The fraction of sp³-hybridized carbons (Fsp3) is 0.333. The molecule has 0 heterocycles. The molecule has 0 atom stereocenters. The van der Waals surface area contributed by atoms with E-state index in [0.717, 1.165) is 11.1 Å². The maximum absolute atomic E-state index is 9.47. The summed E-state index contributed by atoms with van der Waals surface area (Å²) in [5, 5.41) is 18.7. The van der Waals surface area contributed by atoms with Gasteiger partial charge in [0, 0.05) is 5.56 Å². The van der Waals surface area contributed by atoms with Crippen molar-refractivity contribution in [2.45, 2.75) is 20.5 Å². The normalized spacial score (nSPS) is 10.3. The second kappa shape index (κ2) is 3.33. The Balaban J connectivity index is 3.40. The van der Waals surface area contributed by atoms with E-state index in [1.165, 1.54) is 0 Å². The summed E-state index contributed by atoms with van der Waals surface area (Å²) in [5.41, 5.74) is 2.19. The van der Waals surface area contributed by atoms with Crippen molar-refractivity contribution < 1.29 is 10.2 Å². The quantitative estimate of drug-likeness (QED) is 0.706. The third kappa shape index (κ3) is 1.40. The summed E-state index contributed by atoms with van der Waals surface area (Å²) in [4.78, 5) is 0. The van der Waals surface area contributed by atoms with Crippen molar-refractivity contribution in [2.24, 2.45) is 0 Å². The minimum Gasteiger partial charge on any atom is -0.506 e. The average molecular weight is 187 g/mol. The van der Waals surface area contributed by atoms with Crippen molar-refractivity contribution in [3.8, 4) is 5.75 Å². The van der Waals surface area contributed by atoms with E-state index in [9.17, 15) is 5.11 Å². The highest BCUT2D eigenvalue weighted by atomic mass is 35.5. The van der Waals surface area contributed by atoms with E-state index in [1.54, 1.807) is 0 Å². The monoisotopic (exact) mass is 186 g/mol. The van der Waals surface area contributed by atoms with Crippen molar-refractivity contribution >= 4 is 11.6 Å². The summed E-state index contributed by atoms with van der Waals surface area (Å²) < 4.78 is 0. The van der Waals surface area contributed by atoms with Crippen LogP contribution in [0.1, 0.15) is 16.7 Å². The lowest BCUT2D eigenvalue weighted by atomic mass is 10.1. The Labute approximate surface area is 76.4 Å². The SMILES string of the molecule is Cc1cc(C)c(CO)c(O)c1Cl. The molecule has 66 valence electrons. The maximum Gasteiger partial charge on any atom is 0.140 e. The zero-order valence-electron chi connectivity index (χ0n) is 7.06. The van der Waals surface area contributed by atoms with Crippen LogP contribution in [0.5, 0.6) is 5.75 Å². The first-order valence-corrected chi connectivity index (χ1v) is 4.04. The van der Waals surface area contributed by atoms with E-state index in [0.29, 0.717) is 10.6 Å². The van der Waals surface area contributed by atoms with Crippen LogP contribution in [-0.4, -0.2) is 10.2 Å². The Morgan fingerprint density at radius 2 is 1.92 bits per heavy atom. The molecule has 1 aromatic rings. The lowest BCUT2D eigenvalue weighted by Crippen LogP contribution is -1.92. The largest absolute Gasteiger partial charge is 0.506 e. The van der Waals surface area contributed by atoms with Gasteiger partial charge in [-0.2, -0.15) is 0 Å². The number of phenols is 1. The first kappa shape index (κ1) is 9.36. The number of rotatable bonds is 1. The Bertz CT molecular complexity index is 308. The van der Waals surface area contributed by atoms with Crippen LogP contribution in [0.2, 0.25) is 5.02 Å². The predicted octanol–water partition coefficient (Wildman–Crippen LogP) is 2.15. The fourth-order valence-corrected chi connectivity index (χ4v) is 1.35. The van der Waals surface area contributed by atoms with Gasteiger partial charge in [-0.15, -0.1) is 0 Å². The van der Waals surface area contributed by atoms with Crippen molar-refractivity contribution in [1.82, 2.24) is 0 Å². The third-order valence-electron chi connectivity index (χ3n) is 1.91. The summed E-state index contributed by atoms with van der Waals surface area (Å²) in [6.45, 7) is 3.46. The van der Waals surface area contributed by atoms with Gasteiger partial charge in [-0.25, -0.2) is 0 Å². The minimum absolute atomic E-state index is 0.00309. The van der Waals surface area contributed by atoms with Crippen LogP contribution in [0.4, 0.5) is 0 Å². The molecule has 0 aliphatic carbocycles. The van der Waals surface area contributed by atoms with E-state index >= 15 is 0 Å². The average Bonchev–Trinajstić information content (AvgIpc) is 2.01. The van der Waals surface area contributed by atoms with E-state index in [4.69, 9.17) is 16.7 Å². The molecule has 0 fully saturated rings. The number of benzene rings is 1. The number of hydrogen-bond donors (Lipinski definition) is 2. The van der Waals surface area contributed by atoms with Gasteiger partial charge in [0.2, 0.25) is 0 Å². The molecule has 1 aromatic carbocycles. The van der Waals surface area contributed by atoms with Crippen LogP contribution in [0.15, 0.2) is 6.07 Å². The molecule has 0 radical (unpaired) electrons. The number of hydrogen-bond acceptors (Lipinski definition) is 2. The molecular formula is C9H11ClO2. The molecular weight excluding hydrogens is 176 g/mol.